The molecule has 1 aromatic rings. The molecule has 0 spiro atoms. The van der Waals surface area contributed by atoms with Crippen LogP contribution in [-0.4, -0.2) is 48.0 Å². The molecule has 0 saturated carbocycles. The summed E-state index contributed by atoms with van der Waals surface area (Å²) in [5.74, 6) is -1.28. The number of nitrogens with zero attached hydrogens (tertiary/aromatic N) is 1. The van der Waals surface area contributed by atoms with E-state index >= 15 is 0 Å². The Morgan fingerprint density at radius 1 is 1.19 bits per heavy atom. The zero-order valence-corrected chi connectivity index (χ0v) is 17.3. The molecule has 0 bridgehead atoms. The summed E-state index contributed by atoms with van der Waals surface area (Å²) in [4.78, 5) is 39.3. The van der Waals surface area contributed by atoms with E-state index < -0.39 is 29.0 Å². The van der Waals surface area contributed by atoms with Crippen LogP contribution in [-0.2, 0) is 19.1 Å². The quantitative estimate of drug-likeness (QED) is 0.695. The minimum Gasteiger partial charge on any atom is -0.469 e. The fraction of sp³-hybridized carbons (Fsp3) is 0.526. The van der Waals surface area contributed by atoms with Gasteiger partial charge in [0.15, 0.2) is 0 Å². The second kappa shape index (κ2) is 7.39. The number of amides is 1. The largest absolute Gasteiger partial charge is 0.469 e. The fourth-order valence-electron chi connectivity index (χ4n) is 3.03. The van der Waals surface area contributed by atoms with Crippen LogP contribution in [0.3, 0.4) is 0 Å². The number of likely N-dealkylation sites (tertiary alicyclic amines) is 1. The predicted molar refractivity (Wildman–Crippen MR) is 99.6 cm³/mol. The van der Waals surface area contributed by atoms with E-state index in [2.05, 4.69) is 15.9 Å². The molecule has 0 aliphatic carbocycles. The Balaban J connectivity index is 2.35. The lowest BCUT2D eigenvalue weighted by Crippen LogP contribution is -2.43. The molecule has 1 heterocycles. The standard InChI is InChI=1S/C19H24BrNO5/c1-18(2,3)26-16(23)14-10-19(4,17(24)25-5)11-21(14)15(22)12-6-8-13(20)9-7-12/h6-9,14H,10-11H2,1-5H3/t14-,19+/m0/s1. The second-order valence-electron chi connectivity index (χ2n) is 7.75. The zero-order valence-electron chi connectivity index (χ0n) is 15.7. The van der Waals surface area contributed by atoms with Gasteiger partial charge in [0.05, 0.1) is 12.5 Å². The van der Waals surface area contributed by atoms with Gasteiger partial charge in [-0.05, 0) is 58.4 Å². The Bertz CT molecular complexity index is 710. The van der Waals surface area contributed by atoms with E-state index in [9.17, 15) is 14.4 Å². The zero-order chi connectivity index (χ0) is 19.7. The van der Waals surface area contributed by atoms with Gasteiger partial charge in [-0.25, -0.2) is 4.79 Å². The first-order valence-electron chi connectivity index (χ1n) is 8.35. The van der Waals surface area contributed by atoms with Crippen LogP contribution in [0.4, 0.5) is 0 Å². The molecule has 1 aliphatic heterocycles. The van der Waals surface area contributed by atoms with E-state index in [1.54, 1.807) is 52.0 Å². The van der Waals surface area contributed by atoms with Crippen LogP contribution in [0.25, 0.3) is 0 Å². The van der Waals surface area contributed by atoms with E-state index in [1.807, 2.05) is 0 Å². The van der Waals surface area contributed by atoms with Gasteiger partial charge in [0, 0.05) is 16.6 Å². The van der Waals surface area contributed by atoms with E-state index in [0.29, 0.717) is 5.56 Å². The van der Waals surface area contributed by atoms with Crippen LogP contribution in [0.15, 0.2) is 28.7 Å². The Labute approximate surface area is 162 Å². The summed E-state index contributed by atoms with van der Waals surface area (Å²) >= 11 is 3.33. The molecule has 26 heavy (non-hydrogen) atoms. The van der Waals surface area contributed by atoms with E-state index in [1.165, 1.54) is 12.0 Å². The maximum Gasteiger partial charge on any atom is 0.329 e. The minimum atomic E-state index is -0.957. The Kier molecular flexibility index (Phi) is 5.80. The molecular formula is C19H24BrNO5. The van der Waals surface area contributed by atoms with Crippen molar-refractivity contribution in [1.29, 1.82) is 0 Å². The summed E-state index contributed by atoms with van der Waals surface area (Å²) in [6.45, 7) is 7.09. The molecule has 142 valence electrons. The lowest BCUT2D eigenvalue weighted by atomic mass is 9.88. The van der Waals surface area contributed by atoms with Crippen molar-refractivity contribution in [2.24, 2.45) is 5.41 Å². The van der Waals surface area contributed by atoms with Crippen LogP contribution < -0.4 is 0 Å². The van der Waals surface area contributed by atoms with Crippen molar-refractivity contribution in [1.82, 2.24) is 4.90 Å². The summed E-state index contributed by atoms with van der Waals surface area (Å²) < 4.78 is 11.2. The monoisotopic (exact) mass is 425 g/mol. The molecule has 1 aromatic carbocycles. The van der Waals surface area contributed by atoms with Crippen molar-refractivity contribution in [3.8, 4) is 0 Å². The van der Waals surface area contributed by atoms with E-state index in [-0.39, 0.29) is 18.9 Å². The third-order valence-corrected chi connectivity index (χ3v) is 4.78. The summed E-state index contributed by atoms with van der Waals surface area (Å²) in [6, 6.07) is 6.02. The number of hydrogen-bond donors (Lipinski definition) is 0. The first kappa shape index (κ1) is 20.4. The molecule has 0 N–H and O–H groups in total. The highest BCUT2D eigenvalue weighted by Gasteiger charge is 2.52. The fourth-order valence-corrected chi connectivity index (χ4v) is 3.30. The summed E-state index contributed by atoms with van der Waals surface area (Å²) in [5, 5.41) is 0. The highest BCUT2D eigenvalue weighted by Crippen LogP contribution is 2.37. The number of ether oxygens (including phenoxy) is 2. The second-order valence-corrected chi connectivity index (χ2v) is 8.66. The van der Waals surface area contributed by atoms with Crippen molar-refractivity contribution in [3.05, 3.63) is 34.3 Å². The Morgan fingerprint density at radius 2 is 1.77 bits per heavy atom. The molecule has 1 saturated heterocycles. The molecule has 1 amide bonds. The number of halogens is 1. The van der Waals surface area contributed by atoms with Crippen molar-refractivity contribution >= 4 is 33.8 Å². The maximum atomic E-state index is 13.0. The van der Waals surface area contributed by atoms with Gasteiger partial charge in [-0.1, -0.05) is 15.9 Å². The van der Waals surface area contributed by atoms with Gasteiger partial charge in [0.2, 0.25) is 0 Å². The highest BCUT2D eigenvalue weighted by molar-refractivity contribution is 9.10. The molecule has 0 radical (unpaired) electrons. The first-order chi connectivity index (χ1) is 12.0. The minimum absolute atomic E-state index is 0.0957. The molecule has 2 rings (SSSR count). The molecule has 6 nitrogen and oxygen atoms in total. The number of hydrogen-bond acceptors (Lipinski definition) is 5. The van der Waals surface area contributed by atoms with Gasteiger partial charge in [-0.3, -0.25) is 9.59 Å². The van der Waals surface area contributed by atoms with Crippen LogP contribution in [0.1, 0.15) is 44.5 Å². The van der Waals surface area contributed by atoms with E-state index in [4.69, 9.17) is 9.47 Å². The number of methoxy groups -OCH3 is 1. The molecule has 7 heteroatoms. The number of carbonyl (C=O) groups is 3. The van der Waals surface area contributed by atoms with Crippen LogP contribution in [0.5, 0.6) is 0 Å². The van der Waals surface area contributed by atoms with Gasteiger partial charge < -0.3 is 14.4 Å². The Morgan fingerprint density at radius 3 is 2.27 bits per heavy atom. The number of benzene rings is 1. The Hall–Kier alpha value is -1.89. The normalized spacial score (nSPS) is 22.8. The highest BCUT2D eigenvalue weighted by atomic mass is 79.9. The summed E-state index contributed by atoms with van der Waals surface area (Å²) in [5.41, 5.74) is -1.20. The van der Waals surface area contributed by atoms with Crippen molar-refractivity contribution in [3.63, 3.8) is 0 Å². The molecule has 0 aromatic heterocycles. The van der Waals surface area contributed by atoms with Gasteiger partial charge in [0.25, 0.3) is 5.91 Å². The van der Waals surface area contributed by atoms with Gasteiger partial charge in [-0.2, -0.15) is 0 Å². The molecule has 1 aliphatic rings. The first-order valence-corrected chi connectivity index (χ1v) is 9.14. The van der Waals surface area contributed by atoms with Crippen LogP contribution in [0, 0.1) is 5.41 Å². The van der Waals surface area contributed by atoms with Crippen molar-refractivity contribution in [2.45, 2.75) is 45.8 Å². The number of carbonyl (C=O) groups excluding carboxylic acids is 3. The van der Waals surface area contributed by atoms with Crippen molar-refractivity contribution < 1.29 is 23.9 Å². The number of rotatable bonds is 3. The van der Waals surface area contributed by atoms with Crippen molar-refractivity contribution in [2.75, 3.05) is 13.7 Å². The summed E-state index contributed by atoms with van der Waals surface area (Å²) in [6.07, 6.45) is 0.164. The van der Waals surface area contributed by atoms with Crippen LogP contribution >= 0.6 is 15.9 Å². The van der Waals surface area contributed by atoms with E-state index in [0.717, 1.165) is 4.47 Å². The SMILES string of the molecule is COC(=O)[C@]1(C)C[C@@H](C(=O)OC(C)(C)C)N(C(=O)c2ccc(Br)cc2)C1. The third-order valence-electron chi connectivity index (χ3n) is 4.25. The van der Waals surface area contributed by atoms with Gasteiger partial charge in [0.1, 0.15) is 11.6 Å². The summed E-state index contributed by atoms with van der Waals surface area (Å²) in [7, 11) is 1.30. The van der Waals surface area contributed by atoms with Crippen LogP contribution in [0.2, 0.25) is 0 Å². The molecule has 1 fully saturated rings. The van der Waals surface area contributed by atoms with Gasteiger partial charge >= 0.3 is 11.9 Å². The average molecular weight is 426 g/mol. The molecular weight excluding hydrogens is 402 g/mol. The average Bonchev–Trinajstić information content (AvgIpc) is 2.92. The predicted octanol–water partition coefficient (Wildman–Crippen LogP) is 3.18. The third kappa shape index (κ3) is 4.44. The lowest BCUT2D eigenvalue weighted by molar-refractivity contribution is -0.159. The topological polar surface area (TPSA) is 72.9 Å². The molecule has 2 atom stereocenters. The number of esters is 2. The smallest absolute Gasteiger partial charge is 0.329 e. The maximum absolute atomic E-state index is 13.0. The molecule has 0 unspecified atom stereocenters. The van der Waals surface area contributed by atoms with Gasteiger partial charge in [-0.15, -0.1) is 0 Å². The lowest BCUT2D eigenvalue weighted by Gasteiger charge is -2.27.